The molecule has 2 atom stereocenters. The van der Waals surface area contributed by atoms with Crippen molar-refractivity contribution in [1.82, 2.24) is 0 Å². The lowest BCUT2D eigenvalue weighted by Crippen LogP contribution is -2.08. The van der Waals surface area contributed by atoms with Crippen LogP contribution in [0.15, 0.2) is 54.6 Å². The fourth-order valence-corrected chi connectivity index (χ4v) is 2.05. The molecule has 2 unspecified atom stereocenters. The summed E-state index contributed by atoms with van der Waals surface area (Å²) >= 11 is 0. The Kier molecular flexibility index (Phi) is 4.65. The van der Waals surface area contributed by atoms with Crippen molar-refractivity contribution in [2.24, 2.45) is 0 Å². The lowest BCUT2D eigenvalue weighted by molar-refractivity contribution is -0.137. The zero-order valence-corrected chi connectivity index (χ0v) is 11.1. The van der Waals surface area contributed by atoms with Crippen LogP contribution in [-0.2, 0) is 6.18 Å². The van der Waals surface area contributed by atoms with Gasteiger partial charge in [-0.3, -0.25) is 0 Å². The fraction of sp³-hybridized carbons (Fsp3) is 0.250. The Morgan fingerprint density at radius 1 is 0.762 bits per heavy atom. The van der Waals surface area contributed by atoms with E-state index >= 15 is 0 Å². The third-order valence-electron chi connectivity index (χ3n) is 3.25. The van der Waals surface area contributed by atoms with Crippen molar-refractivity contribution in [2.75, 3.05) is 0 Å². The summed E-state index contributed by atoms with van der Waals surface area (Å²) in [6, 6.07) is 13.1. The zero-order chi connectivity index (χ0) is 15.5. The summed E-state index contributed by atoms with van der Waals surface area (Å²) in [6.07, 6.45) is -6.27. The first-order valence-corrected chi connectivity index (χ1v) is 6.46. The predicted molar refractivity (Wildman–Crippen MR) is 72.4 cm³/mol. The van der Waals surface area contributed by atoms with E-state index in [4.69, 9.17) is 0 Å². The van der Waals surface area contributed by atoms with Gasteiger partial charge in [0.1, 0.15) is 0 Å². The molecular weight excluding hydrogens is 281 g/mol. The Morgan fingerprint density at radius 2 is 1.24 bits per heavy atom. The van der Waals surface area contributed by atoms with E-state index in [-0.39, 0.29) is 6.42 Å². The van der Waals surface area contributed by atoms with E-state index in [0.29, 0.717) is 11.1 Å². The summed E-state index contributed by atoms with van der Waals surface area (Å²) in [5.74, 6) is 0. The highest BCUT2D eigenvalue weighted by Gasteiger charge is 2.30. The lowest BCUT2D eigenvalue weighted by Gasteiger charge is -2.17. The summed E-state index contributed by atoms with van der Waals surface area (Å²) in [7, 11) is 0. The minimum Gasteiger partial charge on any atom is -0.388 e. The molecule has 0 fully saturated rings. The van der Waals surface area contributed by atoms with E-state index in [1.807, 2.05) is 6.07 Å². The van der Waals surface area contributed by atoms with Gasteiger partial charge in [0.15, 0.2) is 0 Å². The van der Waals surface area contributed by atoms with Gasteiger partial charge in [0, 0.05) is 6.42 Å². The van der Waals surface area contributed by atoms with Crippen LogP contribution in [0.5, 0.6) is 0 Å². The van der Waals surface area contributed by atoms with Crippen LogP contribution < -0.4 is 0 Å². The van der Waals surface area contributed by atoms with E-state index in [0.717, 1.165) is 12.1 Å². The van der Waals surface area contributed by atoms with Gasteiger partial charge in [0.05, 0.1) is 17.8 Å². The molecule has 0 amide bonds. The minimum atomic E-state index is -4.40. The molecule has 5 heteroatoms. The Hall–Kier alpha value is -1.85. The van der Waals surface area contributed by atoms with Crippen molar-refractivity contribution in [3.8, 4) is 0 Å². The van der Waals surface area contributed by atoms with E-state index in [9.17, 15) is 23.4 Å². The molecule has 112 valence electrons. The first-order chi connectivity index (χ1) is 9.88. The standard InChI is InChI=1S/C16H15F3O2/c17-16(18,19)13-8-6-12(7-9-13)15(21)10-14(20)11-4-2-1-3-5-11/h1-9,14-15,20-21H,10H2. The fourth-order valence-electron chi connectivity index (χ4n) is 2.05. The van der Waals surface area contributed by atoms with Gasteiger partial charge in [-0.2, -0.15) is 13.2 Å². The summed E-state index contributed by atoms with van der Waals surface area (Å²) in [6.45, 7) is 0. The molecule has 21 heavy (non-hydrogen) atoms. The third-order valence-corrected chi connectivity index (χ3v) is 3.25. The van der Waals surface area contributed by atoms with Gasteiger partial charge in [0.25, 0.3) is 0 Å². The molecule has 2 nitrogen and oxygen atoms in total. The van der Waals surface area contributed by atoms with Crippen LogP contribution in [0, 0.1) is 0 Å². The maximum absolute atomic E-state index is 12.4. The number of halogens is 3. The zero-order valence-electron chi connectivity index (χ0n) is 11.1. The van der Waals surface area contributed by atoms with Crippen LogP contribution in [0.1, 0.15) is 35.3 Å². The number of aliphatic hydroxyl groups excluding tert-OH is 2. The van der Waals surface area contributed by atoms with Crippen LogP contribution in [0.4, 0.5) is 13.2 Å². The van der Waals surface area contributed by atoms with E-state index < -0.39 is 23.9 Å². The quantitative estimate of drug-likeness (QED) is 0.899. The van der Waals surface area contributed by atoms with Gasteiger partial charge in [-0.15, -0.1) is 0 Å². The highest BCUT2D eigenvalue weighted by atomic mass is 19.4. The largest absolute Gasteiger partial charge is 0.416 e. The molecule has 0 bridgehead atoms. The summed E-state index contributed by atoms with van der Waals surface area (Å²) < 4.78 is 37.3. The highest BCUT2D eigenvalue weighted by molar-refractivity contribution is 5.26. The van der Waals surface area contributed by atoms with Crippen molar-refractivity contribution < 1.29 is 23.4 Å². The second-order valence-corrected chi connectivity index (χ2v) is 4.80. The SMILES string of the molecule is OC(CC(O)c1ccc(C(F)(F)F)cc1)c1ccccc1. The second-order valence-electron chi connectivity index (χ2n) is 4.80. The lowest BCUT2D eigenvalue weighted by atomic mass is 9.98. The molecule has 0 radical (unpaired) electrons. The molecule has 0 saturated heterocycles. The van der Waals surface area contributed by atoms with Crippen molar-refractivity contribution in [3.05, 3.63) is 71.3 Å². The smallest absolute Gasteiger partial charge is 0.388 e. The van der Waals surface area contributed by atoms with Crippen molar-refractivity contribution in [3.63, 3.8) is 0 Å². The number of rotatable bonds is 4. The van der Waals surface area contributed by atoms with Gasteiger partial charge in [-0.1, -0.05) is 42.5 Å². The predicted octanol–water partition coefficient (Wildman–Crippen LogP) is 3.86. The molecular formula is C16H15F3O2. The Balaban J connectivity index is 2.05. The summed E-state index contributed by atoms with van der Waals surface area (Å²) in [5.41, 5.74) is 0.239. The Morgan fingerprint density at radius 3 is 1.71 bits per heavy atom. The van der Waals surface area contributed by atoms with Gasteiger partial charge in [-0.25, -0.2) is 0 Å². The normalized spacial score (nSPS) is 14.7. The molecule has 0 spiro atoms. The average Bonchev–Trinajstić information content (AvgIpc) is 2.47. The number of benzene rings is 2. The van der Waals surface area contributed by atoms with E-state index in [1.54, 1.807) is 24.3 Å². The van der Waals surface area contributed by atoms with Crippen LogP contribution in [0.2, 0.25) is 0 Å². The highest BCUT2D eigenvalue weighted by Crippen LogP contribution is 2.31. The van der Waals surface area contributed by atoms with Crippen molar-refractivity contribution >= 4 is 0 Å². The van der Waals surface area contributed by atoms with Crippen LogP contribution >= 0.6 is 0 Å². The molecule has 2 N–H and O–H groups in total. The number of aliphatic hydroxyl groups is 2. The maximum Gasteiger partial charge on any atom is 0.416 e. The second kappa shape index (κ2) is 6.28. The van der Waals surface area contributed by atoms with E-state index in [1.165, 1.54) is 12.1 Å². The number of alkyl halides is 3. The summed E-state index contributed by atoms with van der Waals surface area (Å²) in [4.78, 5) is 0. The van der Waals surface area contributed by atoms with Gasteiger partial charge >= 0.3 is 6.18 Å². The number of hydrogen-bond donors (Lipinski definition) is 2. The molecule has 2 rings (SSSR count). The molecule has 0 saturated carbocycles. The Labute approximate surface area is 120 Å². The first kappa shape index (κ1) is 15.5. The van der Waals surface area contributed by atoms with Gasteiger partial charge < -0.3 is 10.2 Å². The molecule has 2 aromatic carbocycles. The topological polar surface area (TPSA) is 40.5 Å². The molecule has 2 aromatic rings. The number of hydrogen-bond acceptors (Lipinski definition) is 2. The van der Waals surface area contributed by atoms with Crippen LogP contribution in [0.25, 0.3) is 0 Å². The molecule has 0 heterocycles. The van der Waals surface area contributed by atoms with E-state index in [2.05, 4.69) is 0 Å². The molecule has 0 aliphatic heterocycles. The first-order valence-electron chi connectivity index (χ1n) is 6.46. The Bertz CT molecular complexity index is 564. The average molecular weight is 296 g/mol. The van der Waals surface area contributed by atoms with Crippen molar-refractivity contribution in [1.29, 1.82) is 0 Å². The van der Waals surface area contributed by atoms with Gasteiger partial charge in [-0.05, 0) is 23.3 Å². The van der Waals surface area contributed by atoms with Gasteiger partial charge in [0.2, 0.25) is 0 Å². The van der Waals surface area contributed by atoms with Crippen molar-refractivity contribution in [2.45, 2.75) is 24.8 Å². The molecule has 0 aliphatic rings. The maximum atomic E-state index is 12.4. The minimum absolute atomic E-state index is 0.0232. The summed E-state index contributed by atoms with van der Waals surface area (Å²) in [5, 5.41) is 20.0. The molecule has 0 aliphatic carbocycles. The third kappa shape index (κ3) is 4.06. The van der Waals surface area contributed by atoms with Crippen LogP contribution in [0.3, 0.4) is 0 Å². The monoisotopic (exact) mass is 296 g/mol. The molecule has 0 aromatic heterocycles. The van der Waals surface area contributed by atoms with Crippen LogP contribution in [-0.4, -0.2) is 10.2 Å².